The van der Waals surface area contributed by atoms with Crippen LogP contribution in [0.15, 0.2) is 30.3 Å². The molecular formula is C12H15O4. The van der Waals surface area contributed by atoms with E-state index in [1.54, 1.807) is 0 Å². The van der Waals surface area contributed by atoms with Crippen molar-refractivity contribution in [2.75, 3.05) is 6.61 Å². The highest BCUT2D eigenvalue weighted by atomic mass is 16.6. The van der Waals surface area contributed by atoms with Crippen LogP contribution in [0.4, 0.5) is 0 Å². The fourth-order valence-corrected chi connectivity index (χ4v) is 1.82. The molecule has 0 aliphatic carbocycles. The zero-order valence-corrected chi connectivity index (χ0v) is 8.78. The number of hydrogen-bond donors (Lipinski definition) is 3. The zero-order chi connectivity index (χ0) is 11.5. The molecule has 0 unspecified atom stereocenters. The summed E-state index contributed by atoms with van der Waals surface area (Å²) >= 11 is 0. The average molecular weight is 223 g/mol. The summed E-state index contributed by atoms with van der Waals surface area (Å²) in [4.78, 5) is 0. The fourth-order valence-electron chi connectivity index (χ4n) is 1.82. The minimum Gasteiger partial charge on any atom is -0.394 e. The van der Waals surface area contributed by atoms with Crippen molar-refractivity contribution in [3.05, 3.63) is 42.0 Å². The molecule has 1 fully saturated rings. The van der Waals surface area contributed by atoms with Crippen LogP contribution in [0.2, 0.25) is 0 Å². The Balaban J connectivity index is 2.01. The molecule has 1 aliphatic rings. The van der Waals surface area contributed by atoms with E-state index in [1.165, 1.54) is 0 Å². The number of ether oxygens (including phenoxy) is 1. The standard InChI is InChI=1S/C12H15O4/c13-7-10-12(15)11(14)9(16-10)6-8-4-2-1-3-5-8/h1-5,10-15H,6-7H2/t10-,11-,12-/m1/s1. The second-order valence-electron chi connectivity index (χ2n) is 3.90. The van der Waals surface area contributed by atoms with Gasteiger partial charge in [-0.25, -0.2) is 0 Å². The highest BCUT2D eigenvalue weighted by molar-refractivity contribution is 5.20. The Kier molecular flexibility index (Phi) is 3.56. The van der Waals surface area contributed by atoms with Crippen molar-refractivity contribution in [2.24, 2.45) is 0 Å². The zero-order valence-electron chi connectivity index (χ0n) is 8.78. The molecule has 3 atom stereocenters. The predicted octanol–water partition coefficient (Wildman–Crippen LogP) is -0.126. The minimum atomic E-state index is -1.04. The summed E-state index contributed by atoms with van der Waals surface area (Å²) in [5, 5.41) is 28.2. The van der Waals surface area contributed by atoms with Crippen LogP contribution in [0, 0.1) is 6.10 Å². The van der Waals surface area contributed by atoms with Crippen LogP contribution in [0.1, 0.15) is 5.56 Å². The molecule has 1 aromatic carbocycles. The summed E-state index contributed by atoms with van der Waals surface area (Å²) in [5.74, 6) is 0. The molecule has 4 nitrogen and oxygen atoms in total. The first-order valence-electron chi connectivity index (χ1n) is 5.25. The van der Waals surface area contributed by atoms with E-state index < -0.39 is 18.3 Å². The monoisotopic (exact) mass is 223 g/mol. The topological polar surface area (TPSA) is 69.9 Å². The summed E-state index contributed by atoms with van der Waals surface area (Å²) in [7, 11) is 0. The number of rotatable bonds is 3. The molecule has 0 amide bonds. The van der Waals surface area contributed by atoms with Crippen molar-refractivity contribution in [1.82, 2.24) is 0 Å². The van der Waals surface area contributed by atoms with Crippen LogP contribution in [-0.2, 0) is 11.2 Å². The maximum absolute atomic E-state index is 9.70. The number of benzene rings is 1. The summed E-state index contributed by atoms with van der Waals surface area (Å²) < 4.78 is 5.31. The summed E-state index contributed by atoms with van der Waals surface area (Å²) in [6.07, 6.45) is -1.90. The highest BCUT2D eigenvalue weighted by Gasteiger charge is 2.42. The molecule has 87 valence electrons. The molecule has 3 N–H and O–H groups in total. The maximum atomic E-state index is 9.70. The van der Waals surface area contributed by atoms with Crippen molar-refractivity contribution in [2.45, 2.75) is 24.7 Å². The van der Waals surface area contributed by atoms with Crippen LogP contribution in [-0.4, -0.2) is 40.2 Å². The molecule has 0 saturated carbocycles. The number of aliphatic hydroxyl groups excluding tert-OH is 3. The Labute approximate surface area is 94.1 Å². The van der Waals surface area contributed by atoms with E-state index in [2.05, 4.69) is 0 Å². The number of hydrogen-bond acceptors (Lipinski definition) is 4. The first kappa shape index (κ1) is 11.5. The lowest BCUT2D eigenvalue weighted by Crippen LogP contribution is -2.32. The van der Waals surface area contributed by atoms with Gasteiger partial charge in [0.15, 0.2) is 0 Å². The molecule has 2 rings (SSSR count). The summed E-state index contributed by atoms with van der Waals surface area (Å²) in [5.41, 5.74) is 1.00. The molecule has 1 aliphatic heterocycles. The third-order valence-electron chi connectivity index (χ3n) is 2.74. The van der Waals surface area contributed by atoms with E-state index >= 15 is 0 Å². The van der Waals surface area contributed by atoms with Gasteiger partial charge in [0, 0.05) is 6.42 Å². The second kappa shape index (κ2) is 4.93. The molecule has 0 spiro atoms. The van der Waals surface area contributed by atoms with Gasteiger partial charge in [0.05, 0.1) is 6.61 Å². The second-order valence-corrected chi connectivity index (χ2v) is 3.90. The SMILES string of the molecule is OC[C@H]1O[C](Cc2ccccc2)[C@@H](O)[C@@H]1O. The Morgan fingerprint density at radius 3 is 2.38 bits per heavy atom. The molecule has 16 heavy (non-hydrogen) atoms. The van der Waals surface area contributed by atoms with Gasteiger partial charge in [0.25, 0.3) is 0 Å². The van der Waals surface area contributed by atoms with E-state index in [1.807, 2.05) is 30.3 Å². The van der Waals surface area contributed by atoms with E-state index in [0.717, 1.165) is 5.56 Å². The Hall–Kier alpha value is -0.940. The quantitative estimate of drug-likeness (QED) is 0.668. The predicted molar refractivity (Wildman–Crippen MR) is 57.4 cm³/mol. The van der Waals surface area contributed by atoms with Crippen molar-refractivity contribution in [1.29, 1.82) is 0 Å². The van der Waals surface area contributed by atoms with Gasteiger partial charge in [0.2, 0.25) is 0 Å². The number of aliphatic hydroxyl groups is 3. The Morgan fingerprint density at radius 2 is 1.81 bits per heavy atom. The highest BCUT2D eigenvalue weighted by Crippen LogP contribution is 2.29. The molecule has 1 aromatic rings. The van der Waals surface area contributed by atoms with Crippen molar-refractivity contribution < 1.29 is 20.1 Å². The van der Waals surface area contributed by atoms with Gasteiger partial charge < -0.3 is 20.1 Å². The van der Waals surface area contributed by atoms with Gasteiger partial charge in [-0.3, -0.25) is 0 Å². The molecule has 1 saturated heterocycles. The Morgan fingerprint density at radius 1 is 1.12 bits per heavy atom. The van der Waals surface area contributed by atoms with E-state index in [9.17, 15) is 10.2 Å². The average Bonchev–Trinajstić information content (AvgIpc) is 2.58. The van der Waals surface area contributed by atoms with Crippen molar-refractivity contribution >= 4 is 0 Å². The lowest BCUT2D eigenvalue weighted by atomic mass is 10.0. The fraction of sp³-hybridized carbons (Fsp3) is 0.417. The van der Waals surface area contributed by atoms with Gasteiger partial charge >= 0.3 is 0 Å². The lowest BCUT2D eigenvalue weighted by Gasteiger charge is -2.12. The van der Waals surface area contributed by atoms with Gasteiger partial charge in [-0.2, -0.15) is 0 Å². The largest absolute Gasteiger partial charge is 0.394 e. The third kappa shape index (κ3) is 2.25. The Bertz CT molecular complexity index is 327. The van der Waals surface area contributed by atoms with E-state index in [4.69, 9.17) is 9.84 Å². The van der Waals surface area contributed by atoms with Crippen LogP contribution in [0.3, 0.4) is 0 Å². The van der Waals surface area contributed by atoms with Crippen molar-refractivity contribution in [3.8, 4) is 0 Å². The van der Waals surface area contributed by atoms with Crippen LogP contribution < -0.4 is 0 Å². The van der Waals surface area contributed by atoms with E-state index in [0.29, 0.717) is 12.5 Å². The smallest absolute Gasteiger partial charge is 0.133 e. The van der Waals surface area contributed by atoms with Gasteiger partial charge in [-0.05, 0) is 5.56 Å². The van der Waals surface area contributed by atoms with Gasteiger partial charge in [-0.1, -0.05) is 30.3 Å². The van der Waals surface area contributed by atoms with E-state index in [-0.39, 0.29) is 6.61 Å². The van der Waals surface area contributed by atoms with Crippen LogP contribution in [0.5, 0.6) is 0 Å². The lowest BCUT2D eigenvalue weighted by molar-refractivity contribution is -0.00560. The molecule has 4 heteroatoms. The van der Waals surface area contributed by atoms with Crippen LogP contribution in [0.25, 0.3) is 0 Å². The van der Waals surface area contributed by atoms with Crippen molar-refractivity contribution in [3.63, 3.8) is 0 Å². The molecule has 1 heterocycles. The summed E-state index contributed by atoms with van der Waals surface area (Å²) in [6, 6.07) is 9.54. The van der Waals surface area contributed by atoms with Crippen LogP contribution >= 0.6 is 0 Å². The third-order valence-corrected chi connectivity index (χ3v) is 2.74. The normalized spacial score (nSPS) is 30.8. The van der Waals surface area contributed by atoms with Gasteiger partial charge in [0.1, 0.15) is 24.4 Å². The minimum absolute atomic E-state index is 0.295. The molecule has 0 aromatic heterocycles. The molecular weight excluding hydrogens is 208 g/mol. The molecule has 0 bridgehead atoms. The summed E-state index contributed by atoms with van der Waals surface area (Å²) in [6.45, 7) is -0.295. The first-order chi connectivity index (χ1) is 7.72. The first-order valence-corrected chi connectivity index (χ1v) is 5.25. The molecule has 1 radical (unpaired) electrons. The maximum Gasteiger partial charge on any atom is 0.133 e. The van der Waals surface area contributed by atoms with Gasteiger partial charge in [-0.15, -0.1) is 0 Å².